The summed E-state index contributed by atoms with van der Waals surface area (Å²) in [7, 11) is 3.92. The summed E-state index contributed by atoms with van der Waals surface area (Å²) in [5.74, 6) is 1.03. The number of benzene rings is 2. The molecule has 0 aliphatic heterocycles. The molecule has 5 nitrogen and oxygen atoms in total. The van der Waals surface area contributed by atoms with Gasteiger partial charge in [0.2, 0.25) is 5.91 Å². The Morgan fingerprint density at radius 2 is 1.79 bits per heavy atom. The third kappa shape index (κ3) is 5.60. The molecule has 0 saturated carbocycles. The fourth-order valence-corrected chi connectivity index (χ4v) is 3.54. The number of nitrogens with zero attached hydrogens (tertiary/aromatic N) is 2. The summed E-state index contributed by atoms with van der Waals surface area (Å²) in [6.45, 7) is 0.464. The third-order valence-corrected chi connectivity index (χ3v) is 5.31. The number of amides is 1. The molecule has 0 radical (unpaired) electrons. The van der Waals surface area contributed by atoms with Gasteiger partial charge in [-0.2, -0.15) is 0 Å². The van der Waals surface area contributed by atoms with E-state index in [2.05, 4.69) is 10.3 Å². The summed E-state index contributed by atoms with van der Waals surface area (Å²) in [5.41, 5.74) is 1.77. The van der Waals surface area contributed by atoms with Crippen LogP contribution in [0.4, 0.5) is 0 Å². The van der Waals surface area contributed by atoms with Crippen LogP contribution in [0.2, 0.25) is 10.0 Å². The standard InChI is InChI=1S/C22H23Cl2N3O2/c1-27(2)19(15-7-3-5-9-17(15)23)13-25-21(28)11-12-22-26-14-20(29-22)16-8-4-6-10-18(16)24/h3-10,14,19H,11-13H2,1-2H3,(H,25,28). The zero-order chi connectivity index (χ0) is 20.8. The highest BCUT2D eigenvalue weighted by atomic mass is 35.5. The minimum absolute atomic E-state index is 0.0128. The largest absolute Gasteiger partial charge is 0.441 e. The summed E-state index contributed by atoms with van der Waals surface area (Å²) in [4.78, 5) is 18.6. The van der Waals surface area contributed by atoms with Crippen LogP contribution < -0.4 is 5.32 Å². The van der Waals surface area contributed by atoms with Gasteiger partial charge in [-0.3, -0.25) is 4.79 Å². The molecule has 1 unspecified atom stereocenters. The lowest BCUT2D eigenvalue weighted by molar-refractivity contribution is -0.121. The first-order valence-corrected chi connectivity index (χ1v) is 10.1. The Bertz CT molecular complexity index is 972. The molecule has 1 aromatic heterocycles. The average molecular weight is 432 g/mol. The van der Waals surface area contributed by atoms with E-state index in [4.69, 9.17) is 27.6 Å². The Morgan fingerprint density at radius 3 is 2.48 bits per heavy atom. The molecule has 1 amide bonds. The van der Waals surface area contributed by atoms with Gasteiger partial charge in [0, 0.05) is 30.0 Å². The van der Waals surface area contributed by atoms with Crippen LogP contribution in [0.3, 0.4) is 0 Å². The van der Waals surface area contributed by atoms with Crippen LogP contribution in [0.25, 0.3) is 11.3 Å². The predicted molar refractivity (Wildman–Crippen MR) is 116 cm³/mol. The van der Waals surface area contributed by atoms with Crippen LogP contribution in [0.15, 0.2) is 59.1 Å². The molecule has 1 atom stereocenters. The summed E-state index contributed by atoms with van der Waals surface area (Å²) in [6.07, 6.45) is 2.33. The van der Waals surface area contributed by atoms with E-state index in [9.17, 15) is 4.79 Å². The number of aryl methyl sites for hydroxylation is 1. The van der Waals surface area contributed by atoms with Gasteiger partial charge in [-0.25, -0.2) is 4.98 Å². The maximum Gasteiger partial charge on any atom is 0.220 e. The Balaban J connectivity index is 1.55. The molecule has 1 heterocycles. The molecule has 0 bridgehead atoms. The first-order valence-electron chi connectivity index (χ1n) is 9.33. The van der Waals surface area contributed by atoms with E-state index in [-0.39, 0.29) is 18.4 Å². The Kier molecular flexibility index (Phi) is 7.31. The fourth-order valence-electron chi connectivity index (χ4n) is 3.05. The number of likely N-dealkylation sites (N-methyl/N-ethyl adjacent to an activating group) is 1. The third-order valence-electron chi connectivity index (χ3n) is 4.64. The predicted octanol–water partition coefficient (Wildman–Crippen LogP) is 5.00. The SMILES string of the molecule is CN(C)C(CNC(=O)CCc1ncc(-c2ccccc2Cl)o1)c1ccccc1Cl. The zero-order valence-electron chi connectivity index (χ0n) is 16.4. The minimum atomic E-state index is -0.0682. The van der Waals surface area contributed by atoms with E-state index in [0.29, 0.717) is 34.7 Å². The highest BCUT2D eigenvalue weighted by Crippen LogP contribution is 2.28. The molecule has 29 heavy (non-hydrogen) atoms. The molecule has 0 fully saturated rings. The monoisotopic (exact) mass is 431 g/mol. The molecule has 0 spiro atoms. The van der Waals surface area contributed by atoms with Crippen molar-refractivity contribution < 1.29 is 9.21 Å². The molecule has 3 rings (SSSR count). The van der Waals surface area contributed by atoms with E-state index in [1.165, 1.54) is 0 Å². The summed E-state index contributed by atoms with van der Waals surface area (Å²) >= 11 is 12.5. The lowest BCUT2D eigenvalue weighted by Gasteiger charge is -2.26. The van der Waals surface area contributed by atoms with Crippen molar-refractivity contribution >= 4 is 29.1 Å². The highest BCUT2D eigenvalue weighted by Gasteiger charge is 2.18. The summed E-state index contributed by atoms with van der Waals surface area (Å²) in [6, 6.07) is 15.1. The zero-order valence-corrected chi connectivity index (χ0v) is 17.9. The smallest absolute Gasteiger partial charge is 0.220 e. The molecule has 0 aliphatic rings. The topological polar surface area (TPSA) is 58.4 Å². The quantitative estimate of drug-likeness (QED) is 0.544. The highest BCUT2D eigenvalue weighted by molar-refractivity contribution is 6.33. The van der Waals surface area contributed by atoms with Crippen molar-refractivity contribution in [3.05, 3.63) is 76.2 Å². The van der Waals surface area contributed by atoms with E-state index in [0.717, 1.165) is 11.1 Å². The number of rotatable bonds is 8. The normalized spacial score (nSPS) is 12.2. The Morgan fingerprint density at radius 1 is 1.10 bits per heavy atom. The van der Waals surface area contributed by atoms with Gasteiger partial charge in [0.1, 0.15) is 0 Å². The van der Waals surface area contributed by atoms with Crippen LogP contribution in [0, 0.1) is 0 Å². The van der Waals surface area contributed by atoms with Gasteiger partial charge in [-0.1, -0.05) is 53.5 Å². The van der Waals surface area contributed by atoms with Crippen LogP contribution >= 0.6 is 23.2 Å². The van der Waals surface area contributed by atoms with E-state index < -0.39 is 0 Å². The maximum absolute atomic E-state index is 12.3. The molecular formula is C22H23Cl2N3O2. The minimum Gasteiger partial charge on any atom is -0.441 e. The van der Waals surface area contributed by atoms with Gasteiger partial charge in [0.25, 0.3) is 0 Å². The maximum atomic E-state index is 12.3. The van der Waals surface area contributed by atoms with E-state index >= 15 is 0 Å². The molecule has 1 N–H and O–H groups in total. The fraction of sp³-hybridized carbons (Fsp3) is 0.273. The number of nitrogens with one attached hydrogen (secondary N) is 1. The number of halogens is 2. The first-order chi connectivity index (χ1) is 14.0. The van der Waals surface area contributed by atoms with Crippen molar-refractivity contribution in [3.63, 3.8) is 0 Å². The number of carbonyl (C=O) groups is 1. The Labute approximate surface area is 180 Å². The second-order valence-electron chi connectivity index (χ2n) is 6.90. The summed E-state index contributed by atoms with van der Waals surface area (Å²) < 4.78 is 5.75. The van der Waals surface area contributed by atoms with Crippen LogP contribution in [-0.2, 0) is 11.2 Å². The van der Waals surface area contributed by atoms with Crippen LogP contribution in [0.5, 0.6) is 0 Å². The van der Waals surface area contributed by atoms with Crippen molar-refractivity contribution in [1.29, 1.82) is 0 Å². The Hall–Kier alpha value is -2.34. The van der Waals surface area contributed by atoms with Gasteiger partial charge in [0.15, 0.2) is 11.7 Å². The molecule has 3 aromatic rings. The first kappa shape index (κ1) is 21.4. The van der Waals surface area contributed by atoms with Crippen molar-refractivity contribution in [2.24, 2.45) is 0 Å². The van der Waals surface area contributed by atoms with Crippen LogP contribution in [0.1, 0.15) is 23.9 Å². The lowest BCUT2D eigenvalue weighted by Crippen LogP contribution is -2.34. The van der Waals surface area contributed by atoms with Crippen molar-refractivity contribution in [1.82, 2.24) is 15.2 Å². The van der Waals surface area contributed by atoms with Gasteiger partial charge >= 0.3 is 0 Å². The van der Waals surface area contributed by atoms with Crippen molar-refractivity contribution in [3.8, 4) is 11.3 Å². The van der Waals surface area contributed by atoms with Crippen molar-refractivity contribution in [2.45, 2.75) is 18.9 Å². The molecule has 0 aliphatic carbocycles. The molecule has 152 valence electrons. The number of hydrogen-bond donors (Lipinski definition) is 1. The molecule has 7 heteroatoms. The number of aromatic nitrogens is 1. The summed E-state index contributed by atoms with van der Waals surface area (Å²) in [5, 5.41) is 4.26. The second kappa shape index (κ2) is 9.92. The van der Waals surface area contributed by atoms with Crippen molar-refractivity contribution in [2.75, 3.05) is 20.6 Å². The number of oxazole rings is 1. The number of hydrogen-bond acceptors (Lipinski definition) is 4. The molecular weight excluding hydrogens is 409 g/mol. The molecule has 2 aromatic carbocycles. The lowest BCUT2D eigenvalue weighted by atomic mass is 10.1. The van der Waals surface area contributed by atoms with Crippen LogP contribution in [-0.4, -0.2) is 36.4 Å². The second-order valence-corrected chi connectivity index (χ2v) is 7.72. The average Bonchev–Trinajstić information content (AvgIpc) is 3.17. The van der Waals surface area contributed by atoms with Gasteiger partial charge in [0.05, 0.1) is 17.3 Å². The van der Waals surface area contributed by atoms with E-state index in [1.54, 1.807) is 12.3 Å². The van der Waals surface area contributed by atoms with Gasteiger partial charge < -0.3 is 14.6 Å². The van der Waals surface area contributed by atoms with Gasteiger partial charge in [-0.05, 0) is 37.9 Å². The molecule has 0 saturated heterocycles. The van der Waals surface area contributed by atoms with E-state index in [1.807, 2.05) is 61.5 Å². The van der Waals surface area contributed by atoms with Gasteiger partial charge in [-0.15, -0.1) is 0 Å². The number of carbonyl (C=O) groups excluding carboxylic acids is 1.